The zero-order valence-corrected chi connectivity index (χ0v) is 21.6. The highest BCUT2D eigenvalue weighted by molar-refractivity contribution is 6.03. The molecule has 13 heteroatoms. The summed E-state index contributed by atoms with van der Waals surface area (Å²) in [5.74, 6) is 0.855. The van der Waals surface area contributed by atoms with E-state index >= 15 is 0 Å². The summed E-state index contributed by atoms with van der Waals surface area (Å²) in [5.41, 5.74) is 10.6. The number of carbonyl (C=O) groups excluding carboxylic acids is 1. The number of pyridine rings is 1. The number of aromatic nitrogens is 5. The van der Waals surface area contributed by atoms with Gasteiger partial charge in [0.1, 0.15) is 40.0 Å². The number of nitrogens with two attached hydrogens (primary N) is 1. The fourth-order valence-electron chi connectivity index (χ4n) is 4.56. The van der Waals surface area contributed by atoms with Crippen LogP contribution in [0.25, 0.3) is 22.4 Å². The average Bonchev–Trinajstić information content (AvgIpc) is 3.44. The Morgan fingerprint density at radius 2 is 1.90 bits per heavy atom. The second-order valence-corrected chi connectivity index (χ2v) is 9.56. The van der Waals surface area contributed by atoms with E-state index in [4.69, 9.17) is 10.7 Å². The number of aryl methyl sites for hydroxylation is 1. The molecule has 9 nitrogen and oxygen atoms in total. The Labute approximate surface area is 226 Å². The molecule has 1 saturated heterocycles. The molecule has 0 atom stereocenters. The highest BCUT2D eigenvalue weighted by Crippen LogP contribution is 2.31. The van der Waals surface area contributed by atoms with Gasteiger partial charge < -0.3 is 16.4 Å². The number of benzene rings is 1. The van der Waals surface area contributed by atoms with Crippen molar-refractivity contribution in [3.63, 3.8) is 0 Å². The minimum absolute atomic E-state index is 0.112. The molecule has 5 aromatic rings. The van der Waals surface area contributed by atoms with E-state index in [0.29, 0.717) is 28.8 Å². The smallest absolute Gasteiger partial charge is 0.382 e. The fraction of sp³-hybridized carbons (Fsp3) is 0.259. The zero-order chi connectivity index (χ0) is 28.6. The third-order valence-electron chi connectivity index (χ3n) is 6.43. The van der Waals surface area contributed by atoms with Crippen LogP contribution in [0, 0.1) is 18.7 Å². The van der Waals surface area contributed by atoms with Gasteiger partial charge in [0.2, 0.25) is 0 Å². The predicted molar refractivity (Wildman–Crippen MR) is 142 cm³/mol. The molecule has 0 unspecified atom stereocenters. The van der Waals surface area contributed by atoms with Crippen LogP contribution in [0.5, 0.6) is 0 Å². The fourth-order valence-corrected chi connectivity index (χ4v) is 4.56. The number of amides is 1. The van der Waals surface area contributed by atoms with E-state index in [9.17, 15) is 22.4 Å². The normalized spacial score (nSPS) is 13.7. The number of alkyl halides is 3. The monoisotopic (exact) mass is 554 g/mol. The standard InChI is InChI=1S/C25H23FN8O.C2H3F3/c1-14-31-22(23-24(27)30-12-17(34(14)23)8-15-10-28-11-15)16-6-7-33-20(13-29-21(33)9-16)25(35)32-19-5-3-2-4-18(19)26;1-2(3,4)5/h2-7,9,12-13,15,28H,8,10-11H2,1H3,(H2,27,30)(H,32,35);1H3. The Bertz CT molecular complexity index is 1700. The maximum absolute atomic E-state index is 14.0. The van der Waals surface area contributed by atoms with Crippen molar-refractivity contribution < 1.29 is 22.4 Å². The molecule has 1 aromatic carbocycles. The van der Waals surface area contributed by atoms with Crippen LogP contribution in [0.2, 0.25) is 0 Å². The van der Waals surface area contributed by atoms with E-state index in [1.807, 2.05) is 25.3 Å². The number of imidazole rings is 2. The van der Waals surface area contributed by atoms with Crippen LogP contribution in [0.4, 0.5) is 29.1 Å². The first-order chi connectivity index (χ1) is 19.0. The van der Waals surface area contributed by atoms with Crippen molar-refractivity contribution in [2.75, 3.05) is 24.1 Å². The Morgan fingerprint density at radius 3 is 2.58 bits per heavy atom. The van der Waals surface area contributed by atoms with E-state index in [2.05, 4.69) is 25.0 Å². The Morgan fingerprint density at radius 1 is 1.18 bits per heavy atom. The molecule has 1 aliphatic heterocycles. The highest BCUT2D eigenvalue weighted by atomic mass is 19.4. The van der Waals surface area contributed by atoms with Crippen molar-refractivity contribution in [3.05, 3.63) is 78.0 Å². The lowest BCUT2D eigenvalue weighted by Gasteiger charge is -2.27. The summed E-state index contributed by atoms with van der Waals surface area (Å²) in [5, 5.41) is 5.90. The van der Waals surface area contributed by atoms with Gasteiger partial charge in [-0.1, -0.05) is 12.1 Å². The minimum atomic E-state index is -4.00. The largest absolute Gasteiger partial charge is 0.386 e. The predicted octanol–water partition coefficient (Wildman–Crippen LogP) is 4.66. The zero-order valence-electron chi connectivity index (χ0n) is 21.6. The van der Waals surface area contributed by atoms with Gasteiger partial charge in [-0.3, -0.25) is 13.6 Å². The van der Waals surface area contributed by atoms with Gasteiger partial charge in [0.05, 0.1) is 11.9 Å². The molecule has 4 N–H and O–H groups in total. The second kappa shape index (κ2) is 10.6. The molecule has 208 valence electrons. The summed E-state index contributed by atoms with van der Waals surface area (Å²) < 4.78 is 48.8. The topological polar surface area (TPSA) is 115 Å². The van der Waals surface area contributed by atoms with Gasteiger partial charge in [0.25, 0.3) is 5.91 Å². The third kappa shape index (κ3) is 5.59. The summed E-state index contributed by atoms with van der Waals surface area (Å²) in [6.45, 7) is 4.14. The molecule has 1 aliphatic rings. The van der Waals surface area contributed by atoms with Gasteiger partial charge >= 0.3 is 6.18 Å². The average molecular weight is 555 g/mol. The first-order valence-electron chi connectivity index (χ1n) is 12.4. The number of anilines is 2. The number of fused-ring (bicyclic) bond motifs is 2. The maximum atomic E-state index is 14.0. The number of nitrogens with one attached hydrogen (secondary N) is 2. The van der Waals surface area contributed by atoms with Gasteiger partial charge in [-0.15, -0.1) is 0 Å². The summed E-state index contributed by atoms with van der Waals surface area (Å²) >= 11 is 0. The number of hydrogen-bond acceptors (Lipinski definition) is 6. The second-order valence-electron chi connectivity index (χ2n) is 9.56. The van der Waals surface area contributed by atoms with Gasteiger partial charge in [0.15, 0.2) is 0 Å². The van der Waals surface area contributed by atoms with E-state index in [1.165, 1.54) is 18.3 Å². The number of halogens is 4. The number of rotatable bonds is 5. The summed E-state index contributed by atoms with van der Waals surface area (Å²) in [7, 11) is 0. The molecule has 0 bridgehead atoms. The van der Waals surface area contributed by atoms with Crippen molar-refractivity contribution in [1.82, 2.24) is 29.1 Å². The van der Waals surface area contributed by atoms with Crippen molar-refractivity contribution >= 4 is 28.6 Å². The molecule has 0 saturated carbocycles. The summed E-state index contributed by atoms with van der Waals surface area (Å²) in [6, 6.07) is 9.74. The summed E-state index contributed by atoms with van der Waals surface area (Å²) in [4.78, 5) is 26.4. The van der Waals surface area contributed by atoms with E-state index in [1.54, 1.807) is 22.7 Å². The van der Waals surface area contributed by atoms with E-state index in [0.717, 1.165) is 42.1 Å². The lowest BCUT2D eigenvalue weighted by atomic mass is 9.97. The molecule has 1 amide bonds. The molecule has 0 radical (unpaired) electrons. The molecule has 1 fully saturated rings. The molecule has 0 spiro atoms. The van der Waals surface area contributed by atoms with Crippen molar-refractivity contribution in [2.45, 2.75) is 26.4 Å². The minimum Gasteiger partial charge on any atom is -0.382 e. The first kappa shape index (κ1) is 27.1. The van der Waals surface area contributed by atoms with Crippen LogP contribution < -0.4 is 16.4 Å². The Balaban J connectivity index is 0.000000595. The van der Waals surface area contributed by atoms with Crippen LogP contribution in [0.1, 0.15) is 28.9 Å². The van der Waals surface area contributed by atoms with Crippen LogP contribution in [-0.2, 0) is 6.42 Å². The van der Waals surface area contributed by atoms with Gasteiger partial charge in [0, 0.05) is 30.6 Å². The molecular weight excluding hydrogens is 528 g/mol. The molecule has 5 heterocycles. The molecular formula is C27H26F4N8O. The quantitative estimate of drug-likeness (QED) is 0.273. The third-order valence-corrected chi connectivity index (χ3v) is 6.43. The lowest BCUT2D eigenvalue weighted by Crippen LogP contribution is -2.43. The lowest BCUT2D eigenvalue weighted by molar-refractivity contribution is -0.110. The van der Waals surface area contributed by atoms with Crippen molar-refractivity contribution in [2.24, 2.45) is 5.92 Å². The Kier molecular flexibility index (Phi) is 7.15. The van der Waals surface area contributed by atoms with Crippen LogP contribution in [-0.4, -0.2) is 48.9 Å². The van der Waals surface area contributed by atoms with E-state index in [-0.39, 0.29) is 12.6 Å². The molecule has 6 rings (SSSR count). The molecule has 40 heavy (non-hydrogen) atoms. The number of para-hydroxylation sites is 1. The molecule has 0 aliphatic carbocycles. The van der Waals surface area contributed by atoms with E-state index < -0.39 is 17.9 Å². The van der Waals surface area contributed by atoms with Gasteiger partial charge in [-0.05, 0) is 56.6 Å². The number of hydrogen-bond donors (Lipinski definition) is 3. The van der Waals surface area contributed by atoms with Gasteiger partial charge in [-0.25, -0.2) is 19.3 Å². The van der Waals surface area contributed by atoms with Crippen LogP contribution in [0.15, 0.2) is 55.0 Å². The number of carbonyl (C=O) groups is 1. The number of nitrogens with zero attached hydrogens (tertiary/aromatic N) is 5. The van der Waals surface area contributed by atoms with Crippen LogP contribution >= 0.6 is 0 Å². The Hall–Kier alpha value is -4.52. The van der Waals surface area contributed by atoms with Crippen LogP contribution in [0.3, 0.4) is 0 Å². The summed E-state index contributed by atoms with van der Waals surface area (Å²) in [6.07, 6.45) is 1.94. The van der Waals surface area contributed by atoms with Crippen molar-refractivity contribution in [1.29, 1.82) is 0 Å². The number of nitrogen functional groups attached to an aromatic ring is 1. The van der Waals surface area contributed by atoms with Gasteiger partial charge in [-0.2, -0.15) is 13.2 Å². The van der Waals surface area contributed by atoms with Crippen molar-refractivity contribution in [3.8, 4) is 11.3 Å². The maximum Gasteiger partial charge on any atom is 0.386 e. The SMILES string of the molecule is CC(F)(F)F.Cc1nc(-c2ccn3c(C(=O)Nc4ccccc4F)cnc3c2)c2c(N)ncc(CC3CNC3)n12. The molecule has 4 aromatic heterocycles. The highest BCUT2D eigenvalue weighted by Gasteiger charge is 2.23. The first-order valence-corrected chi connectivity index (χ1v) is 12.4.